The van der Waals surface area contributed by atoms with Crippen LogP contribution in [0.3, 0.4) is 0 Å². The number of amides is 1. The van der Waals surface area contributed by atoms with Crippen molar-refractivity contribution in [2.24, 2.45) is 21.7 Å². The highest BCUT2D eigenvalue weighted by atomic mass is 32.2. The second kappa shape index (κ2) is 18.2. The van der Waals surface area contributed by atoms with Crippen LogP contribution in [0, 0.1) is 28.6 Å². The number of allylic oxidation sites excluding steroid dienone is 2. The van der Waals surface area contributed by atoms with E-state index in [1.165, 1.54) is 43.4 Å². The number of thioether (sulfide) groups is 1. The van der Waals surface area contributed by atoms with Gasteiger partial charge in [-0.15, -0.1) is 11.8 Å². The van der Waals surface area contributed by atoms with Gasteiger partial charge in [0, 0.05) is 78.3 Å². The van der Waals surface area contributed by atoms with Gasteiger partial charge >= 0.3 is 0 Å². The first kappa shape index (κ1) is 45.8. The van der Waals surface area contributed by atoms with Crippen molar-refractivity contribution in [3.63, 3.8) is 0 Å². The van der Waals surface area contributed by atoms with Gasteiger partial charge in [-0.3, -0.25) is 9.69 Å². The largest absolute Gasteiger partial charge is 0.501 e. The minimum atomic E-state index is -4.10. The number of likely N-dealkylation sites (tertiary alicyclic amines) is 1. The highest BCUT2D eigenvalue weighted by Crippen LogP contribution is 2.77. The average molecular weight is 894 g/mol. The first-order valence-electron chi connectivity index (χ1n) is 23.3. The minimum absolute atomic E-state index is 0.00878. The summed E-state index contributed by atoms with van der Waals surface area (Å²) < 4.78 is 35.0. The number of nitrogens with zero attached hydrogens (tertiary/aromatic N) is 3. The molecule has 3 aromatic rings. The molecule has 6 aliphatic rings. The third kappa shape index (κ3) is 10.4. The zero-order chi connectivity index (χ0) is 44.6. The van der Waals surface area contributed by atoms with Gasteiger partial charge in [0.05, 0.1) is 17.8 Å². The monoisotopic (exact) mass is 893 g/mol. The van der Waals surface area contributed by atoms with Crippen molar-refractivity contribution in [3.05, 3.63) is 107 Å². The summed E-state index contributed by atoms with van der Waals surface area (Å²) in [6.45, 7) is 23.6. The lowest BCUT2D eigenvalue weighted by Crippen LogP contribution is -2.61. The fraction of sp³-hybridized carbons (Fsp3) is 0.558. The molecule has 9 nitrogen and oxygen atoms in total. The van der Waals surface area contributed by atoms with Gasteiger partial charge in [-0.25, -0.2) is 13.1 Å². The van der Waals surface area contributed by atoms with E-state index < -0.39 is 15.9 Å². The summed E-state index contributed by atoms with van der Waals surface area (Å²) >= 11 is 1.82. The number of anilines is 2. The van der Waals surface area contributed by atoms with Crippen LogP contribution in [0.15, 0.2) is 106 Å². The zero-order valence-corrected chi connectivity index (χ0v) is 40.4. The second-order valence-electron chi connectivity index (χ2n) is 21.0. The number of rotatable bonds is 17. The van der Waals surface area contributed by atoms with Crippen LogP contribution >= 0.6 is 11.8 Å². The summed E-state index contributed by atoms with van der Waals surface area (Å²) in [6, 6.07) is 23.0. The SMILES string of the molecule is C=C(OC)C1(C)CCN(CC[C@H](CSc2ccccc2)Nc2ccc(S(=O)(=O)NC(=O)c3ccc(N4CCN(CC5=C(C67CC(C)(C6)C7)CC(C)(C)CC5)CC4)cc3)cc2C)CC1. The van der Waals surface area contributed by atoms with Crippen molar-refractivity contribution in [1.29, 1.82) is 0 Å². The van der Waals surface area contributed by atoms with Crippen molar-refractivity contribution >= 4 is 39.1 Å². The van der Waals surface area contributed by atoms with E-state index in [4.69, 9.17) is 4.74 Å². The van der Waals surface area contributed by atoms with E-state index in [9.17, 15) is 13.2 Å². The van der Waals surface area contributed by atoms with Gasteiger partial charge in [-0.05, 0) is 154 Å². The number of sulfonamides is 1. The van der Waals surface area contributed by atoms with E-state index >= 15 is 0 Å². The molecular weight excluding hydrogens is 823 g/mol. The fourth-order valence-corrected chi connectivity index (χ4v) is 13.5. The molecule has 0 spiro atoms. The Labute approximate surface area is 382 Å². The molecule has 0 unspecified atom stereocenters. The Hall–Kier alpha value is -3.77. The van der Waals surface area contributed by atoms with E-state index in [1.54, 1.807) is 36.9 Å². The lowest BCUT2D eigenvalue weighted by atomic mass is 9.33. The summed E-state index contributed by atoms with van der Waals surface area (Å²) in [6.07, 6.45) is 11.0. The molecule has 2 saturated heterocycles. The van der Waals surface area contributed by atoms with Crippen LogP contribution in [0.1, 0.15) is 101 Å². The summed E-state index contributed by atoms with van der Waals surface area (Å²) in [5.41, 5.74) is 8.18. The molecule has 340 valence electrons. The number of piperidine rings is 1. The van der Waals surface area contributed by atoms with E-state index in [0.29, 0.717) is 21.8 Å². The second-order valence-corrected chi connectivity index (χ2v) is 23.8. The van der Waals surface area contributed by atoms with E-state index in [-0.39, 0.29) is 16.4 Å². The highest BCUT2D eigenvalue weighted by molar-refractivity contribution is 7.99. The maximum atomic E-state index is 13.6. The van der Waals surface area contributed by atoms with Crippen LogP contribution in [0.25, 0.3) is 0 Å². The number of carbonyl (C=O) groups excluding carboxylic acids is 1. The molecule has 2 aliphatic heterocycles. The van der Waals surface area contributed by atoms with Crippen molar-refractivity contribution < 1.29 is 17.9 Å². The van der Waals surface area contributed by atoms with E-state index in [1.807, 2.05) is 48.5 Å². The van der Waals surface area contributed by atoms with Gasteiger partial charge in [0.25, 0.3) is 15.9 Å². The van der Waals surface area contributed by atoms with Crippen molar-refractivity contribution in [2.45, 2.75) is 108 Å². The number of hydrogen-bond acceptors (Lipinski definition) is 9. The van der Waals surface area contributed by atoms with E-state index in [2.05, 4.69) is 83.3 Å². The third-order valence-corrected chi connectivity index (χ3v) is 17.9. The molecular formula is C52H71N5O4S2. The number of carbonyl (C=O) groups is 1. The molecule has 4 aliphatic carbocycles. The molecule has 1 atom stereocenters. The van der Waals surface area contributed by atoms with Crippen LogP contribution < -0.4 is 14.9 Å². The fourth-order valence-electron chi connectivity index (χ4n) is 11.4. The van der Waals surface area contributed by atoms with Crippen LogP contribution in [0.2, 0.25) is 0 Å². The molecule has 0 aromatic heterocycles. The summed E-state index contributed by atoms with van der Waals surface area (Å²) in [5, 5.41) is 3.74. The Balaban J connectivity index is 0.843. The van der Waals surface area contributed by atoms with Gasteiger partial charge in [-0.2, -0.15) is 0 Å². The number of nitrogens with one attached hydrogen (secondary N) is 2. The number of piperazine rings is 1. The van der Waals surface area contributed by atoms with Gasteiger partial charge < -0.3 is 19.9 Å². The molecule has 11 heteroatoms. The molecule has 2 heterocycles. The van der Waals surface area contributed by atoms with Gasteiger partial charge in [-0.1, -0.05) is 63.6 Å². The lowest BCUT2D eigenvalue weighted by molar-refractivity contribution is -0.167. The van der Waals surface area contributed by atoms with Gasteiger partial charge in [0.2, 0.25) is 0 Å². The molecule has 3 saturated carbocycles. The molecule has 3 aromatic carbocycles. The first-order chi connectivity index (χ1) is 30.0. The Morgan fingerprint density at radius 1 is 0.873 bits per heavy atom. The molecule has 2 bridgehead atoms. The normalized spacial score (nSPS) is 25.1. The topological polar surface area (TPSA) is 94.2 Å². The van der Waals surface area contributed by atoms with Crippen molar-refractivity contribution in [1.82, 2.24) is 14.5 Å². The summed E-state index contributed by atoms with van der Waals surface area (Å²) in [5.74, 6) is 1.09. The van der Waals surface area contributed by atoms with Crippen LogP contribution in [0.4, 0.5) is 11.4 Å². The summed E-state index contributed by atoms with van der Waals surface area (Å²) in [4.78, 5) is 22.2. The predicted molar refractivity (Wildman–Crippen MR) is 259 cm³/mol. The van der Waals surface area contributed by atoms with Crippen LogP contribution in [0.5, 0.6) is 0 Å². The van der Waals surface area contributed by atoms with Crippen LogP contribution in [-0.4, -0.2) is 95.4 Å². The van der Waals surface area contributed by atoms with Gasteiger partial charge in [0.1, 0.15) is 0 Å². The zero-order valence-electron chi connectivity index (χ0n) is 38.7. The molecule has 5 fully saturated rings. The van der Waals surface area contributed by atoms with Gasteiger partial charge in [0.15, 0.2) is 0 Å². The molecule has 0 radical (unpaired) electrons. The molecule has 63 heavy (non-hydrogen) atoms. The van der Waals surface area contributed by atoms with Crippen LogP contribution in [-0.2, 0) is 14.8 Å². The standard InChI is InChI=1S/C52H71N5O4S2/c1-38-31-45(17-18-47(38)53-42(34-62-44-11-9-8-10-12-44)20-24-55-25-22-51(6,23-26-55)39(2)61-7)63(59,60)54-48(58)40-13-15-43(16-14-40)57-29-27-56(28-30-57)33-41-19-21-49(3,4)32-46(41)52-35-50(5,36-52)37-52/h8-18,31,42,53H,2,19-30,32-37H2,1,3-7H3,(H,54,58)/t42-,50?,52?/m1/s1. The Kier molecular flexibility index (Phi) is 13.3. The number of hydrogen-bond donors (Lipinski definition) is 2. The highest BCUT2D eigenvalue weighted by Gasteiger charge is 2.66. The number of benzene rings is 3. The maximum Gasteiger partial charge on any atom is 0.264 e. The molecule has 2 N–H and O–H groups in total. The third-order valence-electron chi connectivity index (χ3n) is 15.4. The Bertz CT molecular complexity index is 2260. The predicted octanol–water partition coefficient (Wildman–Crippen LogP) is 10.2. The number of aryl methyl sites for hydroxylation is 1. The Morgan fingerprint density at radius 2 is 1.56 bits per heavy atom. The van der Waals surface area contributed by atoms with Crippen molar-refractivity contribution in [3.8, 4) is 0 Å². The lowest BCUT2D eigenvalue weighted by Gasteiger charge is -2.72. The smallest absolute Gasteiger partial charge is 0.264 e. The number of methoxy groups -OCH3 is 1. The Morgan fingerprint density at radius 3 is 2.19 bits per heavy atom. The average Bonchev–Trinajstić information content (AvgIpc) is 3.25. The first-order valence-corrected chi connectivity index (χ1v) is 25.8. The molecule has 9 rings (SSSR count). The summed E-state index contributed by atoms with van der Waals surface area (Å²) in [7, 11) is -2.39. The quantitative estimate of drug-likeness (QED) is 0.0781. The maximum absolute atomic E-state index is 13.6. The minimum Gasteiger partial charge on any atom is -0.501 e. The van der Waals surface area contributed by atoms with Crippen molar-refractivity contribution in [2.75, 3.05) is 75.4 Å². The molecule has 1 amide bonds. The number of ether oxygens (including phenoxy) is 1. The van der Waals surface area contributed by atoms with E-state index in [0.717, 1.165) is 100 Å².